The Bertz CT molecular complexity index is 461. The van der Waals surface area contributed by atoms with Gasteiger partial charge in [-0.25, -0.2) is 8.78 Å². The highest BCUT2D eigenvalue weighted by Gasteiger charge is 2.27. The molecule has 0 spiro atoms. The molecule has 7 heteroatoms. The zero-order valence-electron chi connectivity index (χ0n) is 11.5. The molecule has 1 nitrogen and oxygen atoms in total. The highest BCUT2D eigenvalue weighted by atomic mass is 79.9. The van der Waals surface area contributed by atoms with Crippen LogP contribution in [0.3, 0.4) is 0 Å². The molecule has 0 heterocycles. The van der Waals surface area contributed by atoms with Gasteiger partial charge in [0.1, 0.15) is 0 Å². The normalized spacial score (nSPS) is 13.5. The van der Waals surface area contributed by atoms with E-state index in [4.69, 9.17) is 0 Å². The number of hydrogen-bond acceptors (Lipinski definition) is 1. The predicted molar refractivity (Wildman–Crippen MR) is 75.0 cm³/mol. The maximum atomic E-state index is 13.6. The van der Waals surface area contributed by atoms with Gasteiger partial charge in [0.05, 0.1) is 4.47 Å². The number of rotatable bonds is 7. The maximum Gasteiger partial charge on any atom is 0.389 e. The van der Waals surface area contributed by atoms with Gasteiger partial charge in [-0.2, -0.15) is 13.2 Å². The molecule has 21 heavy (non-hydrogen) atoms. The smallest absolute Gasteiger partial charge is 0.310 e. The second-order valence-electron chi connectivity index (χ2n) is 4.78. The third-order valence-corrected chi connectivity index (χ3v) is 3.84. The van der Waals surface area contributed by atoms with Gasteiger partial charge in [-0.15, -0.1) is 0 Å². The standard InChI is InChI=1S/C14H17BrF5N/c1-2-8-21-11(4-3-7-14(18,19)20)9-5-6-10(16)13(17)12(9)15/h5-6,11,21H,2-4,7-8H2,1H3. The van der Waals surface area contributed by atoms with Crippen molar-refractivity contribution in [1.29, 1.82) is 0 Å². The lowest BCUT2D eigenvalue weighted by atomic mass is 10.0. The van der Waals surface area contributed by atoms with Crippen molar-refractivity contribution in [2.45, 2.75) is 44.8 Å². The first kappa shape index (κ1) is 18.4. The van der Waals surface area contributed by atoms with Gasteiger partial charge >= 0.3 is 6.18 Å². The first-order valence-corrected chi connectivity index (χ1v) is 7.49. The zero-order chi connectivity index (χ0) is 16.0. The lowest BCUT2D eigenvalue weighted by Gasteiger charge is -2.21. The largest absolute Gasteiger partial charge is 0.389 e. The second kappa shape index (κ2) is 8.08. The van der Waals surface area contributed by atoms with Crippen LogP contribution in [0.4, 0.5) is 22.0 Å². The van der Waals surface area contributed by atoms with E-state index in [2.05, 4.69) is 21.2 Å². The molecule has 0 saturated carbocycles. The van der Waals surface area contributed by atoms with E-state index >= 15 is 0 Å². The highest BCUT2D eigenvalue weighted by molar-refractivity contribution is 9.10. The monoisotopic (exact) mass is 373 g/mol. The number of alkyl halides is 3. The summed E-state index contributed by atoms with van der Waals surface area (Å²) in [5.74, 6) is -2.01. The minimum absolute atomic E-state index is 0.0388. The molecule has 0 bridgehead atoms. The van der Waals surface area contributed by atoms with Gasteiger partial charge in [-0.1, -0.05) is 13.0 Å². The molecule has 0 aliphatic rings. The minimum Gasteiger partial charge on any atom is -0.310 e. The zero-order valence-corrected chi connectivity index (χ0v) is 13.1. The molecule has 0 aliphatic carbocycles. The minimum atomic E-state index is -4.21. The fraction of sp³-hybridized carbons (Fsp3) is 0.571. The van der Waals surface area contributed by atoms with Crippen LogP contribution in [-0.2, 0) is 0 Å². The molecule has 1 atom stereocenters. The van der Waals surface area contributed by atoms with Crippen LogP contribution in [-0.4, -0.2) is 12.7 Å². The van der Waals surface area contributed by atoms with E-state index in [1.165, 1.54) is 6.07 Å². The summed E-state index contributed by atoms with van der Waals surface area (Å²) in [6, 6.07) is 1.93. The van der Waals surface area contributed by atoms with Gasteiger partial charge in [0.25, 0.3) is 0 Å². The summed E-state index contributed by atoms with van der Waals surface area (Å²) < 4.78 is 63.3. The molecule has 0 fully saturated rings. The van der Waals surface area contributed by atoms with Crippen molar-refractivity contribution in [3.8, 4) is 0 Å². The topological polar surface area (TPSA) is 12.0 Å². The average molecular weight is 374 g/mol. The summed E-state index contributed by atoms with van der Waals surface area (Å²) in [5.41, 5.74) is 0.435. The van der Waals surface area contributed by atoms with Crippen LogP contribution in [0.25, 0.3) is 0 Å². The lowest BCUT2D eigenvalue weighted by molar-refractivity contribution is -0.135. The van der Waals surface area contributed by atoms with Gasteiger partial charge in [-0.05, 0) is 53.4 Å². The van der Waals surface area contributed by atoms with Crippen LogP contribution in [0.5, 0.6) is 0 Å². The molecule has 0 amide bonds. The Morgan fingerprint density at radius 3 is 2.48 bits per heavy atom. The van der Waals surface area contributed by atoms with Crippen LogP contribution in [0.2, 0.25) is 0 Å². The third-order valence-electron chi connectivity index (χ3n) is 3.03. The van der Waals surface area contributed by atoms with Crippen molar-refractivity contribution < 1.29 is 22.0 Å². The van der Waals surface area contributed by atoms with Crippen molar-refractivity contribution >= 4 is 15.9 Å². The predicted octanol–water partition coefficient (Wildman–Crippen LogP) is 5.50. The Kier molecular flexibility index (Phi) is 7.06. The number of benzene rings is 1. The van der Waals surface area contributed by atoms with Crippen LogP contribution < -0.4 is 5.32 Å². The molecule has 1 aromatic carbocycles. The lowest BCUT2D eigenvalue weighted by Crippen LogP contribution is -2.23. The van der Waals surface area contributed by atoms with E-state index in [0.29, 0.717) is 12.1 Å². The van der Waals surface area contributed by atoms with Crippen LogP contribution >= 0.6 is 15.9 Å². The summed E-state index contributed by atoms with van der Waals surface area (Å²) in [6.07, 6.45) is -4.18. The summed E-state index contributed by atoms with van der Waals surface area (Å²) in [7, 11) is 0. The number of halogens is 6. The van der Waals surface area contributed by atoms with Gasteiger partial charge in [0.15, 0.2) is 11.6 Å². The Hall–Kier alpha value is -0.690. The van der Waals surface area contributed by atoms with E-state index in [9.17, 15) is 22.0 Å². The molecular weight excluding hydrogens is 357 g/mol. The Morgan fingerprint density at radius 2 is 1.90 bits per heavy atom. The van der Waals surface area contributed by atoms with Crippen LogP contribution in [0.1, 0.15) is 44.2 Å². The van der Waals surface area contributed by atoms with E-state index in [0.717, 1.165) is 12.5 Å². The van der Waals surface area contributed by atoms with E-state index < -0.39 is 30.3 Å². The molecule has 0 radical (unpaired) electrons. The fourth-order valence-electron chi connectivity index (χ4n) is 2.00. The molecule has 1 aromatic rings. The van der Waals surface area contributed by atoms with Gasteiger partial charge < -0.3 is 5.32 Å². The summed E-state index contributed by atoms with van der Waals surface area (Å²) in [4.78, 5) is 0. The first-order chi connectivity index (χ1) is 9.76. The van der Waals surface area contributed by atoms with Crippen molar-refractivity contribution in [3.05, 3.63) is 33.8 Å². The van der Waals surface area contributed by atoms with Crippen molar-refractivity contribution in [2.24, 2.45) is 0 Å². The van der Waals surface area contributed by atoms with E-state index in [1.54, 1.807) is 0 Å². The maximum absolute atomic E-state index is 13.6. The molecule has 1 rings (SSSR count). The van der Waals surface area contributed by atoms with Gasteiger partial charge in [0, 0.05) is 12.5 Å². The molecule has 0 aromatic heterocycles. The summed E-state index contributed by atoms with van der Waals surface area (Å²) >= 11 is 2.98. The highest BCUT2D eigenvalue weighted by Crippen LogP contribution is 2.32. The quantitative estimate of drug-likeness (QED) is 0.491. The van der Waals surface area contributed by atoms with Crippen molar-refractivity contribution in [2.75, 3.05) is 6.54 Å². The first-order valence-electron chi connectivity index (χ1n) is 6.69. The van der Waals surface area contributed by atoms with Gasteiger partial charge in [-0.3, -0.25) is 0 Å². The Morgan fingerprint density at radius 1 is 1.24 bits per heavy atom. The van der Waals surface area contributed by atoms with Crippen LogP contribution in [0, 0.1) is 11.6 Å². The summed E-state index contributed by atoms with van der Waals surface area (Å²) in [6.45, 7) is 2.50. The number of hydrogen-bond donors (Lipinski definition) is 1. The molecule has 1 unspecified atom stereocenters. The number of nitrogens with one attached hydrogen (secondary N) is 1. The van der Waals surface area contributed by atoms with Crippen LogP contribution in [0.15, 0.2) is 16.6 Å². The van der Waals surface area contributed by atoms with Crippen molar-refractivity contribution in [1.82, 2.24) is 5.32 Å². The SMILES string of the molecule is CCCNC(CCCC(F)(F)F)c1ccc(F)c(F)c1Br. The summed E-state index contributed by atoms with van der Waals surface area (Å²) in [5, 5.41) is 3.07. The average Bonchev–Trinajstić information content (AvgIpc) is 2.39. The molecule has 1 N–H and O–H groups in total. The Labute approximate surface area is 129 Å². The fourth-order valence-corrected chi connectivity index (χ4v) is 2.60. The van der Waals surface area contributed by atoms with Gasteiger partial charge in [0.2, 0.25) is 0 Å². The Balaban J connectivity index is 2.84. The molecule has 0 aliphatic heterocycles. The third kappa shape index (κ3) is 5.90. The van der Waals surface area contributed by atoms with E-state index in [-0.39, 0.29) is 17.3 Å². The molecular formula is C14H17BrF5N. The van der Waals surface area contributed by atoms with Crippen molar-refractivity contribution in [3.63, 3.8) is 0 Å². The van der Waals surface area contributed by atoms with E-state index in [1.807, 2.05) is 6.92 Å². The second-order valence-corrected chi connectivity index (χ2v) is 5.57. The molecule has 0 saturated heterocycles. The molecule has 120 valence electrons.